The zero-order chi connectivity index (χ0) is 19.4. The van der Waals surface area contributed by atoms with E-state index in [0.717, 1.165) is 65.4 Å². The van der Waals surface area contributed by atoms with Crippen LogP contribution < -0.4 is 9.64 Å². The van der Waals surface area contributed by atoms with Crippen LogP contribution in [0.25, 0.3) is 22.0 Å². The van der Waals surface area contributed by atoms with E-state index in [4.69, 9.17) is 26.3 Å². The first-order valence-electron chi connectivity index (χ1n) is 9.44. The number of fused-ring (bicyclic) bond motifs is 1. The van der Waals surface area contributed by atoms with Gasteiger partial charge in [0.1, 0.15) is 17.4 Å². The number of halogens is 1. The lowest BCUT2D eigenvalue weighted by Gasteiger charge is -2.24. The van der Waals surface area contributed by atoms with Crippen molar-refractivity contribution in [3.05, 3.63) is 47.2 Å². The lowest BCUT2D eigenvalue weighted by atomic mass is 10.0. The molecule has 3 aromatic rings. The molecule has 0 N–H and O–H groups in total. The number of aryl methyl sites for hydroxylation is 1. The molecule has 3 rings (SSSR count). The van der Waals surface area contributed by atoms with Gasteiger partial charge in [0.2, 0.25) is 0 Å². The van der Waals surface area contributed by atoms with Crippen LogP contribution in [0.2, 0.25) is 5.02 Å². The van der Waals surface area contributed by atoms with Crippen LogP contribution >= 0.6 is 11.6 Å². The van der Waals surface area contributed by atoms with Gasteiger partial charge in [0.25, 0.3) is 0 Å². The Morgan fingerprint density at radius 3 is 2.44 bits per heavy atom. The molecule has 1 aromatic heterocycles. The first-order chi connectivity index (χ1) is 13.1. The molecular weight excluding hydrogens is 358 g/mol. The lowest BCUT2D eigenvalue weighted by Crippen LogP contribution is -2.25. The van der Waals surface area contributed by atoms with Crippen LogP contribution in [0.1, 0.15) is 32.5 Å². The summed E-state index contributed by atoms with van der Waals surface area (Å²) in [5, 5.41) is 1.69. The van der Waals surface area contributed by atoms with Crippen LogP contribution in [-0.4, -0.2) is 30.2 Å². The molecule has 0 aliphatic carbocycles. The van der Waals surface area contributed by atoms with Crippen molar-refractivity contribution in [3.63, 3.8) is 0 Å². The highest BCUT2D eigenvalue weighted by Crippen LogP contribution is 2.35. The van der Waals surface area contributed by atoms with Gasteiger partial charge in [-0.1, -0.05) is 37.1 Å². The minimum absolute atomic E-state index is 0.688. The highest BCUT2D eigenvalue weighted by molar-refractivity contribution is 6.32. The molecule has 0 saturated heterocycles. The number of rotatable bonds is 7. The van der Waals surface area contributed by atoms with Crippen LogP contribution in [0, 0.1) is 6.92 Å². The fourth-order valence-corrected chi connectivity index (χ4v) is 3.50. The van der Waals surface area contributed by atoms with Crippen LogP contribution in [0.15, 0.2) is 36.4 Å². The van der Waals surface area contributed by atoms with Crippen molar-refractivity contribution in [1.82, 2.24) is 9.97 Å². The summed E-state index contributed by atoms with van der Waals surface area (Å²) in [6, 6.07) is 11.9. The molecule has 0 saturated carbocycles. The third-order valence-electron chi connectivity index (χ3n) is 4.72. The zero-order valence-electron chi connectivity index (χ0n) is 16.4. The molecule has 142 valence electrons. The molecule has 27 heavy (non-hydrogen) atoms. The van der Waals surface area contributed by atoms with E-state index in [1.54, 1.807) is 7.11 Å². The maximum atomic E-state index is 6.50. The van der Waals surface area contributed by atoms with E-state index in [9.17, 15) is 0 Å². The average Bonchev–Trinajstić information content (AvgIpc) is 2.68. The Hall–Kier alpha value is -2.33. The van der Waals surface area contributed by atoms with E-state index in [2.05, 4.69) is 18.7 Å². The highest BCUT2D eigenvalue weighted by atomic mass is 35.5. The molecule has 0 amide bonds. The number of ether oxygens (including phenoxy) is 1. The molecule has 0 atom stereocenters. The number of nitrogens with zero attached hydrogens (tertiary/aromatic N) is 3. The van der Waals surface area contributed by atoms with Crippen molar-refractivity contribution in [2.75, 3.05) is 25.1 Å². The van der Waals surface area contributed by atoms with Crippen molar-refractivity contribution in [1.29, 1.82) is 0 Å². The quantitative estimate of drug-likeness (QED) is 0.509. The summed E-state index contributed by atoms with van der Waals surface area (Å²) >= 11 is 6.50. The summed E-state index contributed by atoms with van der Waals surface area (Å²) in [4.78, 5) is 11.8. The summed E-state index contributed by atoms with van der Waals surface area (Å²) in [6.45, 7) is 8.19. The summed E-state index contributed by atoms with van der Waals surface area (Å²) in [5.41, 5.74) is 3.00. The highest BCUT2D eigenvalue weighted by Gasteiger charge is 2.16. The monoisotopic (exact) mass is 383 g/mol. The second kappa shape index (κ2) is 8.57. The Balaban J connectivity index is 2.21. The van der Waals surface area contributed by atoms with Gasteiger partial charge in [-0.15, -0.1) is 0 Å². The molecular formula is C22H26ClN3O. The first kappa shape index (κ1) is 19.4. The van der Waals surface area contributed by atoms with Gasteiger partial charge in [0.15, 0.2) is 0 Å². The fraction of sp³-hybridized carbons (Fsp3) is 0.364. The molecule has 0 unspecified atom stereocenters. The Morgan fingerprint density at radius 1 is 1.07 bits per heavy atom. The molecule has 0 radical (unpaired) electrons. The summed E-state index contributed by atoms with van der Waals surface area (Å²) in [5.74, 6) is 2.56. The smallest absolute Gasteiger partial charge is 0.140 e. The predicted octanol–water partition coefficient (Wildman–Crippen LogP) is 5.89. The van der Waals surface area contributed by atoms with E-state index in [1.165, 1.54) is 0 Å². The van der Waals surface area contributed by atoms with Gasteiger partial charge in [0.05, 0.1) is 12.6 Å². The number of hydrogen-bond acceptors (Lipinski definition) is 4. The Bertz CT molecular complexity index is 925. The maximum Gasteiger partial charge on any atom is 0.140 e. The van der Waals surface area contributed by atoms with E-state index in [1.807, 2.05) is 43.3 Å². The molecule has 0 aliphatic rings. The number of benzene rings is 2. The summed E-state index contributed by atoms with van der Waals surface area (Å²) < 4.78 is 5.28. The SMILES string of the molecule is CCCCN(CC)c1nc(C)nc2c(-c3ccc(OC)cc3)cc(Cl)cc12. The van der Waals surface area contributed by atoms with Crippen molar-refractivity contribution in [2.45, 2.75) is 33.6 Å². The summed E-state index contributed by atoms with van der Waals surface area (Å²) in [7, 11) is 1.67. The Labute approximate surface area is 166 Å². The molecule has 0 fully saturated rings. The second-order valence-electron chi connectivity index (χ2n) is 6.61. The van der Waals surface area contributed by atoms with Crippen LogP contribution in [-0.2, 0) is 0 Å². The van der Waals surface area contributed by atoms with Crippen LogP contribution in [0.4, 0.5) is 5.82 Å². The second-order valence-corrected chi connectivity index (χ2v) is 7.04. The molecule has 4 nitrogen and oxygen atoms in total. The number of unbranched alkanes of at least 4 members (excludes halogenated alkanes) is 1. The van der Waals surface area contributed by atoms with Gasteiger partial charge in [0, 0.05) is 29.1 Å². The molecule has 1 heterocycles. The van der Waals surface area contributed by atoms with Crippen LogP contribution in [0.3, 0.4) is 0 Å². The molecule has 5 heteroatoms. The van der Waals surface area contributed by atoms with Crippen molar-refractivity contribution in [3.8, 4) is 16.9 Å². The number of aromatic nitrogens is 2. The minimum atomic E-state index is 0.688. The normalized spacial score (nSPS) is 11.0. The van der Waals surface area contributed by atoms with Gasteiger partial charge in [-0.25, -0.2) is 9.97 Å². The number of anilines is 1. The van der Waals surface area contributed by atoms with Gasteiger partial charge < -0.3 is 9.64 Å². The maximum absolute atomic E-state index is 6.50. The van der Waals surface area contributed by atoms with Gasteiger partial charge in [-0.2, -0.15) is 0 Å². The third-order valence-corrected chi connectivity index (χ3v) is 4.94. The fourth-order valence-electron chi connectivity index (χ4n) is 3.28. The van der Waals surface area contributed by atoms with E-state index >= 15 is 0 Å². The van der Waals surface area contributed by atoms with Crippen molar-refractivity contribution >= 4 is 28.3 Å². The van der Waals surface area contributed by atoms with Gasteiger partial charge >= 0.3 is 0 Å². The molecule has 0 aliphatic heterocycles. The zero-order valence-corrected chi connectivity index (χ0v) is 17.2. The van der Waals surface area contributed by atoms with E-state index in [-0.39, 0.29) is 0 Å². The van der Waals surface area contributed by atoms with Crippen molar-refractivity contribution in [2.24, 2.45) is 0 Å². The Kier molecular flexibility index (Phi) is 6.17. The molecule has 0 spiro atoms. The largest absolute Gasteiger partial charge is 0.497 e. The molecule has 2 aromatic carbocycles. The lowest BCUT2D eigenvalue weighted by molar-refractivity contribution is 0.415. The summed E-state index contributed by atoms with van der Waals surface area (Å²) in [6.07, 6.45) is 2.28. The first-order valence-corrected chi connectivity index (χ1v) is 9.82. The van der Waals surface area contributed by atoms with Crippen molar-refractivity contribution < 1.29 is 4.74 Å². The third kappa shape index (κ3) is 4.16. The number of hydrogen-bond donors (Lipinski definition) is 0. The van der Waals surface area contributed by atoms with Gasteiger partial charge in [-0.05, 0) is 50.1 Å². The van der Waals surface area contributed by atoms with E-state index in [0.29, 0.717) is 5.02 Å². The number of methoxy groups -OCH3 is 1. The topological polar surface area (TPSA) is 38.2 Å². The van der Waals surface area contributed by atoms with E-state index < -0.39 is 0 Å². The molecule has 0 bridgehead atoms. The van der Waals surface area contributed by atoms with Crippen LogP contribution in [0.5, 0.6) is 5.75 Å². The van der Waals surface area contributed by atoms with Gasteiger partial charge in [-0.3, -0.25) is 0 Å². The average molecular weight is 384 g/mol. The standard InChI is InChI=1S/C22H26ClN3O/c1-5-7-12-26(6-2)22-20-14-17(23)13-19(21(20)24-15(3)25-22)16-8-10-18(27-4)11-9-16/h8-11,13-14H,5-7,12H2,1-4H3. The Morgan fingerprint density at radius 2 is 1.81 bits per heavy atom. The minimum Gasteiger partial charge on any atom is -0.497 e. The predicted molar refractivity (Wildman–Crippen MR) is 114 cm³/mol.